The highest BCUT2D eigenvalue weighted by Crippen LogP contribution is 2.21. The van der Waals surface area contributed by atoms with Crippen LogP contribution in [0.3, 0.4) is 0 Å². The lowest BCUT2D eigenvalue weighted by atomic mass is 10.0. The van der Waals surface area contributed by atoms with Crippen molar-refractivity contribution >= 4 is 5.78 Å². The van der Waals surface area contributed by atoms with Crippen LogP contribution in [0.1, 0.15) is 16.8 Å². The molecule has 0 radical (unpaired) electrons. The molecule has 1 aromatic rings. The summed E-state index contributed by atoms with van der Waals surface area (Å²) in [6.45, 7) is 0.380. The van der Waals surface area contributed by atoms with Gasteiger partial charge < -0.3 is 15.2 Å². The van der Waals surface area contributed by atoms with Gasteiger partial charge in [-0.2, -0.15) is 0 Å². The first-order chi connectivity index (χ1) is 8.10. The third kappa shape index (κ3) is 3.51. The van der Waals surface area contributed by atoms with E-state index in [4.69, 9.17) is 15.2 Å². The van der Waals surface area contributed by atoms with Gasteiger partial charge in [0.25, 0.3) is 0 Å². The lowest BCUT2D eigenvalue weighted by molar-refractivity contribution is 0.0932. The fraction of sp³-hybridized carbons (Fsp3) is 0.417. The zero-order valence-corrected chi connectivity index (χ0v) is 9.90. The van der Waals surface area contributed by atoms with Crippen molar-refractivity contribution in [3.63, 3.8) is 0 Å². The number of carbonyl (C=O) groups excluding carboxylic acids is 1. The molecule has 0 aromatic heterocycles. The van der Waals surface area contributed by atoms with Crippen LogP contribution in [0.2, 0.25) is 0 Å². The number of halogens is 1. The average molecular weight is 241 g/mol. The molecule has 0 fully saturated rings. The number of ether oxygens (including phenoxy) is 2. The van der Waals surface area contributed by atoms with E-state index in [9.17, 15) is 9.18 Å². The van der Waals surface area contributed by atoms with Crippen LogP contribution in [-0.2, 0) is 4.74 Å². The lowest BCUT2D eigenvalue weighted by Gasteiger charge is -2.12. The number of methoxy groups -OCH3 is 2. The third-order valence-electron chi connectivity index (χ3n) is 2.40. The van der Waals surface area contributed by atoms with Gasteiger partial charge in [-0.1, -0.05) is 0 Å². The van der Waals surface area contributed by atoms with E-state index in [1.54, 1.807) is 0 Å². The first-order valence-corrected chi connectivity index (χ1v) is 5.22. The van der Waals surface area contributed by atoms with E-state index in [-0.39, 0.29) is 11.3 Å². The second-order valence-corrected chi connectivity index (χ2v) is 3.60. The van der Waals surface area contributed by atoms with Gasteiger partial charge in [0.2, 0.25) is 0 Å². The Labute approximate surface area is 99.5 Å². The Bertz CT molecular complexity index is 395. The molecule has 1 unspecified atom stereocenters. The van der Waals surface area contributed by atoms with Crippen LogP contribution < -0.4 is 10.5 Å². The number of nitrogens with two attached hydrogens (primary N) is 1. The number of hydrogen-bond donors (Lipinski definition) is 1. The minimum absolute atomic E-state index is 0.163. The smallest absolute Gasteiger partial charge is 0.183 e. The molecule has 0 aliphatic rings. The molecule has 1 rings (SSSR count). The van der Waals surface area contributed by atoms with Crippen molar-refractivity contribution in [2.75, 3.05) is 20.8 Å². The predicted octanol–water partition coefficient (Wildman–Crippen LogP) is 1.38. The van der Waals surface area contributed by atoms with Crippen molar-refractivity contribution in [1.82, 2.24) is 0 Å². The maximum Gasteiger partial charge on any atom is 0.183 e. The molecule has 0 bridgehead atoms. The zero-order valence-electron chi connectivity index (χ0n) is 9.90. The van der Waals surface area contributed by atoms with Gasteiger partial charge in [0.05, 0.1) is 18.7 Å². The molecule has 94 valence electrons. The van der Waals surface area contributed by atoms with E-state index in [1.807, 2.05) is 0 Å². The number of carbonyl (C=O) groups is 1. The molecule has 5 heteroatoms. The highest BCUT2D eigenvalue weighted by Gasteiger charge is 2.19. The van der Waals surface area contributed by atoms with Gasteiger partial charge in [-0.3, -0.25) is 4.79 Å². The van der Waals surface area contributed by atoms with Crippen molar-refractivity contribution in [3.05, 3.63) is 29.6 Å². The van der Waals surface area contributed by atoms with E-state index in [0.717, 1.165) is 6.07 Å². The van der Waals surface area contributed by atoms with Crippen LogP contribution in [0, 0.1) is 5.82 Å². The largest absolute Gasteiger partial charge is 0.496 e. The predicted molar refractivity (Wildman–Crippen MR) is 61.8 cm³/mol. The number of rotatable bonds is 6. The fourth-order valence-corrected chi connectivity index (χ4v) is 1.45. The second-order valence-electron chi connectivity index (χ2n) is 3.60. The second kappa shape index (κ2) is 6.32. The fourth-order valence-electron chi connectivity index (χ4n) is 1.45. The lowest BCUT2D eigenvalue weighted by Crippen LogP contribution is -2.32. The Kier molecular flexibility index (Phi) is 5.06. The molecule has 4 nitrogen and oxygen atoms in total. The van der Waals surface area contributed by atoms with Gasteiger partial charge in [-0.15, -0.1) is 0 Å². The van der Waals surface area contributed by atoms with E-state index in [0.29, 0.717) is 18.8 Å². The summed E-state index contributed by atoms with van der Waals surface area (Å²) in [5, 5.41) is 0. The Morgan fingerprint density at radius 3 is 2.76 bits per heavy atom. The van der Waals surface area contributed by atoms with Gasteiger partial charge in [-0.05, 0) is 24.6 Å². The minimum Gasteiger partial charge on any atom is -0.496 e. The topological polar surface area (TPSA) is 61.5 Å². The Morgan fingerprint density at radius 2 is 2.18 bits per heavy atom. The standard InChI is InChI=1S/C12H16FNO3/c1-16-6-5-10(14)12(15)9-7-8(13)3-4-11(9)17-2/h3-4,7,10H,5-6,14H2,1-2H3. The molecule has 1 aromatic carbocycles. The molecule has 17 heavy (non-hydrogen) atoms. The highest BCUT2D eigenvalue weighted by molar-refractivity contribution is 6.02. The monoisotopic (exact) mass is 241 g/mol. The van der Waals surface area contributed by atoms with Crippen molar-refractivity contribution in [2.24, 2.45) is 5.73 Å². The minimum atomic E-state index is -0.717. The molecule has 0 saturated heterocycles. The molecule has 0 spiro atoms. The van der Waals surface area contributed by atoms with Crippen LogP contribution in [0.15, 0.2) is 18.2 Å². The molecule has 0 heterocycles. The van der Waals surface area contributed by atoms with Crippen molar-refractivity contribution in [1.29, 1.82) is 0 Å². The number of hydrogen-bond acceptors (Lipinski definition) is 4. The van der Waals surface area contributed by atoms with E-state index in [2.05, 4.69) is 0 Å². The van der Waals surface area contributed by atoms with E-state index in [1.165, 1.54) is 26.4 Å². The van der Waals surface area contributed by atoms with Crippen LogP contribution >= 0.6 is 0 Å². The van der Waals surface area contributed by atoms with Crippen molar-refractivity contribution in [3.8, 4) is 5.75 Å². The van der Waals surface area contributed by atoms with Crippen LogP contribution in [0.4, 0.5) is 4.39 Å². The van der Waals surface area contributed by atoms with Crippen molar-refractivity contribution in [2.45, 2.75) is 12.5 Å². The molecule has 2 N–H and O–H groups in total. The van der Waals surface area contributed by atoms with Gasteiger partial charge in [-0.25, -0.2) is 4.39 Å². The molecule has 0 saturated carbocycles. The van der Waals surface area contributed by atoms with Gasteiger partial charge >= 0.3 is 0 Å². The Balaban J connectivity index is 2.90. The quantitative estimate of drug-likeness (QED) is 0.764. The summed E-state index contributed by atoms with van der Waals surface area (Å²) in [4.78, 5) is 12.0. The SMILES string of the molecule is COCCC(N)C(=O)c1cc(F)ccc1OC. The summed E-state index contributed by atoms with van der Waals surface area (Å²) in [5.41, 5.74) is 5.86. The van der Waals surface area contributed by atoms with E-state index < -0.39 is 11.9 Å². The normalized spacial score (nSPS) is 12.2. The molecule has 0 amide bonds. The number of ketones is 1. The molecule has 1 atom stereocenters. The molecule has 0 aliphatic carbocycles. The summed E-state index contributed by atoms with van der Waals surface area (Å²) in [6, 6.07) is 3.06. The third-order valence-corrected chi connectivity index (χ3v) is 2.40. The van der Waals surface area contributed by atoms with Gasteiger partial charge in [0.1, 0.15) is 11.6 Å². The maximum absolute atomic E-state index is 13.1. The Hall–Kier alpha value is -1.46. The summed E-state index contributed by atoms with van der Waals surface area (Å²) in [5.74, 6) is -0.518. The van der Waals surface area contributed by atoms with Gasteiger partial charge in [0, 0.05) is 13.7 Å². The number of Topliss-reactive ketones (excluding diaryl/α,β-unsaturated/α-hetero) is 1. The van der Waals surface area contributed by atoms with E-state index >= 15 is 0 Å². The summed E-state index contributed by atoms with van der Waals surface area (Å²) >= 11 is 0. The molecule has 0 aliphatic heterocycles. The highest BCUT2D eigenvalue weighted by atomic mass is 19.1. The molecular weight excluding hydrogens is 225 g/mol. The van der Waals surface area contributed by atoms with Crippen LogP contribution in [-0.4, -0.2) is 32.7 Å². The van der Waals surface area contributed by atoms with Gasteiger partial charge in [0.15, 0.2) is 5.78 Å². The summed E-state index contributed by atoms with van der Waals surface area (Å²) < 4.78 is 22.9. The van der Waals surface area contributed by atoms with Crippen LogP contribution in [0.25, 0.3) is 0 Å². The number of benzene rings is 1. The Morgan fingerprint density at radius 1 is 1.47 bits per heavy atom. The molecular formula is C12H16FNO3. The zero-order chi connectivity index (χ0) is 12.8. The van der Waals surface area contributed by atoms with Crippen LogP contribution in [0.5, 0.6) is 5.75 Å². The summed E-state index contributed by atoms with van der Waals surface area (Å²) in [6.07, 6.45) is 0.384. The summed E-state index contributed by atoms with van der Waals surface area (Å²) in [7, 11) is 2.95. The maximum atomic E-state index is 13.1. The first-order valence-electron chi connectivity index (χ1n) is 5.22. The van der Waals surface area contributed by atoms with Crippen molar-refractivity contribution < 1.29 is 18.7 Å². The average Bonchev–Trinajstić information content (AvgIpc) is 2.34. The first kappa shape index (κ1) is 13.6.